The van der Waals surface area contributed by atoms with Crippen LogP contribution in [0.5, 0.6) is 11.5 Å². The Kier molecular flexibility index (Phi) is 8.93. The number of hydrogen-bond acceptors (Lipinski definition) is 4. The number of hydrogen-bond donors (Lipinski definition) is 0. The molecule has 4 nitrogen and oxygen atoms in total. The third-order valence-electron chi connectivity index (χ3n) is 4.02. The molecule has 0 N–H and O–H groups in total. The van der Waals surface area contributed by atoms with E-state index in [1.807, 2.05) is 0 Å². The molecule has 0 heterocycles. The Morgan fingerprint density at radius 2 is 0.818 bits per heavy atom. The molecule has 3 rings (SSSR count). The van der Waals surface area contributed by atoms with E-state index in [-0.39, 0.29) is 57.2 Å². The number of halogens is 8. The molecule has 172 valence electrons. The molecule has 0 aliphatic carbocycles. The third-order valence-corrected chi connectivity index (χ3v) is 6.02. The maximum Gasteiger partial charge on any atom is 0.330 e. The van der Waals surface area contributed by atoms with Gasteiger partial charge in [-0.1, -0.05) is 92.8 Å². The van der Waals surface area contributed by atoms with Crippen molar-refractivity contribution in [2.24, 2.45) is 0 Å². The predicted molar refractivity (Wildman–Crippen MR) is 133 cm³/mol. The molecule has 0 aliphatic rings. The quantitative estimate of drug-likeness (QED) is 0.165. The van der Waals surface area contributed by atoms with Crippen molar-refractivity contribution >= 4 is 105 Å². The van der Waals surface area contributed by atoms with Gasteiger partial charge in [-0.25, -0.2) is 0 Å². The first-order valence-electron chi connectivity index (χ1n) is 8.64. The smallest absolute Gasteiger partial charge is 0.330 e. The van der Waals surface area contributed by atoms with E-state index < -0.39 is 17.9 Å². The molecule has 0 bridgehead atoms. The van der Waals surface area contributed by atoms with Crippen molar-refractivity contribution in [1.82, 2.24) is 0 Å². The van der Waals surface area contributed by atoms with E-state index in [1.54, 1.807) is 0 Å². The molecule has 0 aliphatic heterocycles. The minimum absolute atomic E-state index is 0.0547. The summed E-state index contributed by atoms with van der Waals surface area (Å²) in [7, 11) is 0. The normalized spacial score (nSPS) is 10.9. The van der Waals surface area contributed by atoms with Crippen molar-refractivity contribution < 1.29 is 19.1 Å². The maximum absolute atomic E-state index is 13.1. The second-order valence-electron chi connectivity index (χ2n) is 6.38. The van der Waals surface area contributed by atoms with E-state index in [0.717, 1.165) is 0 Å². The molecule has 0 aromatic heterocycles. The zero-order chi connectivity index (χ0) is 24.4. The van der Waals surface area contributed by atoms with Gasteiger partial charge in [-0.05, 0) is 48.0 Å². The van der Waals surface area contributed by atoms with Gasteiger partial charge < -0.3 is 9.47 Å². The summed E-state index contributed by atoms with van der Waals surface area (Å²) in [4.78, 5) is 26.3. The van der Waals surface area contributed by atoms with E-state index in [2.05, 4.69) is 0 Å². The van der Waals surface area contributed by atoms with Crippen LogP contribution in [-0.2, 0) is 9.59 Å². The number of carbonyl (C=O) groups excluding carboxylic acids is 2. The molecule has 0 unspecified atom stereocenters. The van der Waals surface area contributed by atoms with Crippen LogP contribution in [0.4, 0.5) is 0 Å². The van der Waals surface area contributed by atoms with Gasteiger partial charge in [-0.15, -0.1) is 0 Å². The zero-order valence-corrected chi connectivity index (χ0v) is 21.8. The summed E-state index contributed by atoms with van der Waals surface area (Å²) < 4.78 is 10.7. The highest BCUT2D eigenvalue weighted by Gasteiger charge is 2.35. The highest BCUT2D eigenvalue weighted by atomic mass is 35.5. The number of benzene rings is 3. The topological polar surface area (TPSA) is 52.6 Å². The molecule has 0 spiro atoms. The van der Waals surface area contributed by atoms with Gasteiger partial charge in [0.1, 0.15) is 0 Å². The second kappa shape index (κ2) is 11.1. The Morgan fingerprint density at radius 3 is 1.15 bits per heavy atom. The van der Waals surface area contributed by atoms with Crippen molar-refractivity contribution in [3.8, 4) is 11.5 Å². The monoisotopic (exact) mass is 604 g/mol. The van der Waals surface area contributed by atoms with Crippen LogP contribution in [0, 0.1) is 0 Å². The fourth-order valence-corrected chi connectivity index (χ4v) is 5.01. The van der Waals surface area contributed by atoms with Crippen LogP contribution in [0.25, 0.3) is 0 Å². The number of ether oxygens (including phenoxy) is 2. The Hall–Kier alpha value is -1.08. The van der Waals surface area contributed by atoms with Crippen LogP contribution in [0.1, 0.15) is 11.5 Å². The first-order valence-corrected chi connectivity index (χ1v) is 11.7. The van der Waals surface area contributed by atoms with Gasteiger partial charge in [0.25, 0.3) is 0 Å². The molecule has 0 atom stereocenters. The average molecular weight is 608 g/mol. The minimum atomic E-state index is -1.67. The molecule has 3 aromatic rings. The standard InChI is InChI=1S/C21H8Cl8O4/c22-9-1-8(2-10(23)3-9)17(20(30)32-18-13(26)4-11(24)5-14(18)27)21(31)33-19-15(28)6-12(25)7-16(19)29/h1-7,17H. The van der Waals surface area contributed by atoms with Gasteiger partial charge in [-0.3, -0.25) is 9.59 Å². The second-order valence-corrected chi connectivity index (χ2v) is 9.75. The van der Waals surface area contributed by atoms with E-state index in [4.69, 9.17) is 102 Å². The summed E-state index contributed by atoms with van der Waals surface area (Å²) in [5.74, 6) is -4.27. The van der Waals surface area contributed by atoms with Crippen LogP contribution in [0.2, 0.25) is 40.2 Å². The summed E-state index contributed by atoms with van der Waals surface area (Å²) in [6.45, 7) is 0. The molecule has 0 amide bonds. The molecular formula is C21H8Cl8O4. The Balaban J connectivity index is 2.03. The lowest BCUT2D eigenvalue weighted by Gasteiger charge is -2.18. The summed E-state index contributed by atoms with van der Waals surface area (Å²) in [6.07, 6.45) is 0. The highest BCUT2D eigenvalue weighted by molar-refractivity contribution is 6.41. The molecule has 33 heavy (non-hydrogen) atoms. The van der Waals surface area contributed by atoms with Crippen molar-refractivity contribution in [1.29, 1.82) is 0 Å². The molecule has 0 fully saturated rings. The number of carbonyl (C=O) groups is 2. The molecule has 12 heteroatoms. The van der Waals surface area contributed by atoms with Crippen LogP contribution >= 0.6 is 92.8 Å². The predicted octanol–water partition coefficient (Wildman–Crippen LogP) is 9.21. The first kappa shape index (κ1) is 26.5. The van der Waals surface area contributed by atoms with Crippen molar-refractivity contribution in [3.63, 3.8) is 0 Å². The van der Waals surface area contributed by atoms with Crippen molar-refractivity contribution in [2.75, 3.05) is 0 Å². The Morgan fingerprint density at radius 1 is 0.515 bits per heavy atom. The summed E-state index contributed by atoms with van der Waals surface area (Å²) >= 11 is 48.3. The number of esters is 2. The highest BCUT2D eigenvalue weighted by Crippen LogP contribution is 2.39. The maximum atomic E-state index is 13.1. The third kappa shape index (κ3) is 6.53. The molecule has 0 saturated heterocycles. The van der Waals surface area contributed by atoms with E-state index in [1.165, 1.54) is 42.5 Å². The van der Waals surface area contributed by atoms with Gasteiger partial charge >= 0.3 is 11.9 Å². The zero-order valence-electron chi connectivity index (χ0n) is 15.8. The molecule has 0 radical (unpaired) electrons. The van der Waals surface area contributed by atoms with Gasteiger partial charge in [-0.2, -0.15) is 0 Å². The van der Waals surface area contributed by atoms with Gasteiger partial charge in [0.05, 0.1) is 20.1 Å². The van der Waals surface area contributed by atoms with Gasteiger partial charge in [0.15, 0.2) is 17.4 Å². The van der Waals surface area contributed by atoms with Gasteiger partial charge in [0, 0.05) is 20.1 Å². The SMILES string of the molecule is O=C(Oc1c(Cl)cc(Cl)cc1Cl)C(C(=O)Oc1c(Cl)cc(Cl)cc1Cl)c1cc(Cl)cc(Cl)c1. The van der Waals surface area contributed by atoms with Crippen LogP contribution < -0.4 is 9.47 Å². The Labute approximate surface area is 228 Å². The lowest BCUT2D eigenvalue weighted by Crippen LogP contribution is -2.30. The van der Waals surface area contributed by atoms with Crippen LogP contribution in [0.15, 0.2) is 42.5 Å². The summed E-state index contributed by atoms with van der Waals surface area (Å²) in [5, 5.41) is 0.536. The fraction of sp³-hybridized carbons (Fsp3) is 0.0476. The average Bonchev–Trinajstić information content (AvgIpc) is 2.67. The van der Waals surface area contributed by atoms with E-state index in [9.17, 15) is 9.59 Å². The summed E-state index contributed by atoms with van der Waals surface area (Å²) in [6, 6.07) is 9.36. The largest absolute Gasteiger partial charge is 0.422 e. The van der Waals surface area contributed by atoms with Crippen molar-refractivity contribution in [3.05, 3.63) is 88.2 Å². The molecule has 3 aromatic carbocycles. The first-order chi connectivity index (χ1) is 15.5. The lowest BCUT2D eigenvalue weighted by atomic mass is 9.99. The van der Waals surface area contributed by atoms with E-state index >= 15 is 0 Å². The van der Waals surface area contributed by atoms with E-state index in [0.29, 0.717) is 0 Å². The van der Waals surface area contributed by atoms with Gasteiger partial charge in [0.2, 0.25) is 0 Å². The fourth-order valence-electron chi connectivity index (χ4n) is 2.68. The molecule has 0 saturated carbocycles. The number of rotatable bonds is 5. The summed E-state index contributed by atoms with van der Waals surface area (Å²) in [5.41, 5.74) is 0.0740. The minimum Gasteiger partial charge on any atom is -0.422 e. The Bertz CT molecular complexity index is 1120. The van der Waals surface area contributed by atoms with Crippen LogP contribution in [-0.4, -0.2) is 11.9 Å². The lowest BCUT2D eigenvalue weighted by molar-refractivity contribution is -0.147. The van der Waals surface area contributed by atoms with Crippen molar-refractivity contribution in [2.45, 2.75) is 5.92 Å². The molecular weight excluding hydrogens is 600 g/mol. The van der Waals surface area contributed by atoms with Crippen LogP contribution in [0.3, 0.4) is 0 Å².